The fraction of sp³-hybridized carbons (Fsp3) is 0.810. The van der Waals surface area contributed by atoms with Crippen LogP contribution in [0.15, 0.2) is 12.2 Å². The van der Waals surface area contributed by atoms with Gasteiger partial charge in [0.2, 0.25) is 0 Å². The van der Waals surface area contributed by atoms with Gasteiger partial charge in [0, 0.05) is 38.8 Å². The predicted molar refractivity (Wildman–Crippen MR) is 101 cm³/mol. The van der Waals surface area contributed by atoms with Crippen molar-refractivity contribution in [1.82, 2.24) is 9.80 Å². The van der Waals surface area contributed by atoms with Crippen LogP contribution in [-0.4, -0.2) is 70.7 Å². The first-order chi connectivity index (χ1) is 13.0. The summed E-state index contributed by atoms with van der Waals surface area (Å²) < 4.78 is 0. The second-order valence-electron chi connectivity index (χ2n) is 9.23. The van der Waals surface area contributed by atoms with Crippen molar-refractivity contribution in [3.8, 4) is 0 Å². The van der Waals surface area contributed by atoms with E-state index in [0.29, 0.717) is 0 Å². The van der Waals surface area contributed by atoms with Crippen molar-refractivity contribution in [3.63, 3.8) is 0 Å². The van der Waals surface area contributed by atoms with Crippen LogP contribution in [0, 0.1) is 29.6 Å². The first kappa shape index (κ1) is 18.9. The maximum absolute atomic E-state index is 9.10. The molecular formula is C21H32N2O4. The zero-order valence-corrected chi connectivity index (χ0v) is 16.0. The van der Waals surface area contributed by atoms with Crippen LogP contribution in [0.5, 0.6) is 0 Å². The van der Waals surface area contributed by atoms with Crippen molar-refractivity contribution < 1.29 is 19.8 Å². The number of carboxylic acids is 2. The number of hydrogen-bond acceptors (Lipinski definition) is 4. The Kier molecular flexibility index (Phi) is 5.55. The van der Waals surface area contributed by atoms with E-state index in [-0.39, 0.29) is 0 Å². The number of carbonyl (C=O) groups is 2. The van der Waals surface area contributed by atoms with Gasteiger partial charge in [0.25, 0.3) is 0 Å². The number of aliphatic carboxylic acids is 2. The van der Waals surface area contributed by atoms with Gasteiger partial charge in [-0.25, -0.2) is 9.59 Å². The summed E-state index contributed by atoms with van der Waals surface area (Å²) in [6.45, 7) is 6.77. The van der Waals surface area contributed by atoms with Crippen molar-refractivity contribution in [2.75, 3.05) is 32.7 Å². The Morgan fingerprint density at radius 2 is 1.63 bits per heavy atom. The summed E-state index contributed by atoms with van der Waals surface area (Å²) in [5.74, 6) is 1.36. The summed E-state index contributed by atoms with van der Waals surface area (Å²) in [4.78, 5) is 23.8. The molecule has 150 valence electrons. The van der Waals surface area contributed by atoms with Gasteiger partial charge in [-0.15, -0.1) is 0 Å². The second-order valence-corrected chi connectivity index (χ2v) is 9.23. The van der Waals surface area contributed by atoms with Crippen molar-refractivity contribution >= 4 is 11.9 Å². The molecule has 1 saturated heterocycles. The van der Waals surface area contributed by atoms with Gasteiger partial charge in [0.15, 0.2) is 0 Å². The van der Waals surface area contributed by atoms with E-state index in [1.807, 2.05) is 0 Å². The van der Waals surface area contributed by atoms with E-state index in [9.17, 15) is 0 Å². The molecule has 3 saturated carbocycles. The Hall–Kier alpha value is -1.40. The first-order valence-corrected chi connectivity index (χ1v) is 10.6. The summed E-state index contributed by atoms with van der Waals surface area (Å²) in [7, 11) is 0. The molecule has 1 heterocycles. The molecular weight excluding hydrogens is 344 g/mol. The van der Waals surface area contributed by atoms with Gasteiger partial charge in [0.1, 0.15) is 0 Å². The van der Waals surface area contributed by atoms with E-state index >= 15 is 0 Å². The van der Waals surface area contributed by atoms with Gasteiger partial charge in [-0.1, -0.05) is 18.6 Å². The molecule has 0 aromatic rings. The molecule has 0 spiro atoms. The molecule has 4 fully saturated rings. The van der Waals surface area contributed by atoms with Gasteiger partial charge < -0.3 is 15.1 Å². The molecule has 4 bridgehead atoms. The average molecular weight is 376 g/mol. The lowest BCUT2D eigenvalue weighted by molar-refractivity contribution is -0.159. The molecule has 2 N–H and O–H groups in total. The fourth-order valence-corrected chi connectivity index (χ4v) is 6.37. The number of piperazine rings is 1. The zero-order valence-electron chi connectivity index (χ0n) is 16.0. The van der Waals surface area contributed by atoms with E-state index in [1.54, 1.807) is 12.8 Å². The van der Waals surface area contributed by atoms with E-state index < -0.39 is 11.9 Å². The van der Waals surface area contributed by atoms with Crippen LogP contribution in [-0.2, 0) is 9.59 Å². The third-order valence-corrected chi connectivity index (χ3v) is 7.67. The van der Waals surface area contributed by atoms with Crippen LogP contribution in [0.4, 0.5) is 0 Å². The minimum absolute atomic E-state index is 0.929. The van der Waals surface area contributed by atoms with E-state index in [2.05, 4.69) is 22.0 Å². The number of fused-ring (bicyclic) bond motifs is 4. The quantitative estimate of drug-likeness (QED) is 0.580. The van der Waals surface area contributed by atoms with Crippen molar-refractivity contribution in [2.24, 2.45) is 29.6 Å². The first-order valence-electron chi connectivity index (χ1n) is 10.6. The number of hydrogen-bond donors (Lipinski definition) is 2. The largest absolute Gasteiger partial charge is 0.473 e. The lowest BCUT2D eigenvalue weighted by atomic mass is 9.92. The summed E-state index contributed by atoms with van der Waals surface area (Å²) >= 11 is 0. The maximum Gasteiger partial charge on any atom is 0.414 e. The summed E-state index contributed by atoms with van der Waals surface area (Å²) in [6, 6.07) is 0.969. The molecule has 0 radical (unpaired) electrons. The van der Waals surface area contributed by atoms with Crippen LogP contribution in [0.1, 0.15) is 38.5 Å². The molecule has 6 heteroatoms. The summed E-state index contributed by atoms with van der Waals surface area (Å²) in [6.07, 6.45) is 14.1. The molecule has 1 aliphatic heterocycles. The van der Waals surface area contributed by atoms with E-state index in [4.69, 9.17) is 19.8 Å². The Morgan fingerprint density at radius 3 is 2.11 bits per heavy atom. The molecule has 0 aromatic heterocycles. The maximum atomic E-state index is 9.10. The SMILES string of the molecule is C1=CC2CC1CC2CN1CCN(C2CC3CCC2C3)CC1.O=C(O)C(=O)O. The van der Waals surface area contributed by atoms with E-state index in [1.165, 1.54) is 58.4 Å². The fourth-order valence-electron chi connectivity index (χ4n) is 6.37. The second kappa shape index (κ2) is 7.92. The molecule has 27 heavy (non-hydrogen) atoms. The minimum atomic E-state index is -1.82. The third kappa shape index (κ3) is 4.21. The van der Waals surface area contributed by atoms with Crippen LogP contribution >= 0.6 is 0 Å². The van der Waals surface area contributed by atoms with Crippen LogP contribution in [0.25, 0.3) is 0 Å². The third-order valence-electron chi connectivity index (χ3n) is 7.67. The molecule has 6 unspecified atom stereocenters. The predicted octanol–water partition coefficient (Wildman–Crippen LogP) is 2.16. The number of allylic oxidation sites excluding steroid dienone is 2. The Labute approximate surface area is 161 Å². The topological polar surface area (TPSA) is 81.1 Å². The highest BCUT2D eigenvalue weighted by atomic mass is 16.4. The van der Waals surface area contributed by atoms with Crippen LogP contribution < -0.4 is 0 Å². The molecule has 6 atom stereocenters. The highest BCUT2D eigenvalue weighted by molar-refractivity contribution is 6.27. The lowest BCUT2D eigenvalue weighted by Crippen LogP contribution is -2.52. The smallest absolute Gasteiger partial charge is 0.414 e. The number of carboxylic acid groups (broad SMARTS) is 2. The molecule has 4 aliphatic carbocycles. The Morgan fingerprint density at radius 1 is 0.889 bits per heavy atom. The molecule has 6 nitrogen and oxygen atoms in total. The monoisotopic (exact) mass is 376 g/mol. The normalized spacial score (nSPS) is 40.1. The van der Waals surface area contributed by atoms with Gasteiger partial charge in [-0.2, -0.15) is 0 Å². The van der Waals surface area contributed by atoms with Crippen LogP contribution in [0.3, 0.4) is 0 Å². The summed E-state index contributed by atoms with van der Waals surface area (Å²) in [5.41, 5.74) is 0. The highest BCUT2D eigenvalue weighted by Gasteiger charge is 2.43. The van der Waals surface area contributed by atoms with Gasteiger partial charge in [-0.3, -0.25) is 4.90 Å². The molecule has 0 aromatic carbocycles. The minimum Gasteiger partial charge on any atom is -0.473 e. The van der Waals surface area contributed by atoms with Crippen molar-refractivity contribution in [1.29, 1.82) is 0 Å². The summed E-state index contributed by atoms with van der Waals surface area (Å²) in [5, 5.41) is 14.8. The number of nitrogens with zero attached hydrogens (tertiary/aromatic N) is 2. The molecule has 5 rings (SSSR count). The van der Waals surface area contributed by atoms with Gasteiger partial charge >= 0.3 is 11.9 Å². The number of rotatable bonds is 3. The Bertz CT molecular complexity index is 587. The highest BCUT2D eigenvalue weighted by Crippen LogP contribution is 2.47. The lowest BCUT2D eigenvalue weighted by Gasteiger charge is -2.42. The van der Waals surface area contributed by atoms with Crippen molar-refractivity contribution in [2.45, 2.75) is 44.6 Å². The molecule has 5 aliphatic rings. The van der Waals surface area contributed by atoms with E-state index in [0.717, 1.165) is 35.6 Å². The zero-order chi connectivity index (χ0) is 19.0. The molecule has 0 amide bonds. The average Bonchev–Trinajstić information content (AvgIpc) is 3.44. The van der Waals surface area contributed by atoms with Crippen molar-refractivity contribution in [3.05, 3.63) is 12.2 Å². The van der Waals surface area contributed by atoms with Gasteiger partial charge in [0.05, 0.1) is 0 Å². The van der Waals surface area contributed by atoms with Gasteiger partial charge in [-0.05, 0) is 61.7 Å². The van der Waals surface area contributed by atoms with Crippen LogP contribution in [0.2, 0.25) is 0 Å². The Balaban J connectivity index is 0.000000264. The standard InChI is InChI=1S/C19H30N2.C2H2O4/c1-3-16-9-14(1)11-18(16)13-20-5-7-21(8-6-20)19-12-15-2-4-17(19)10-15;3-1(4)2(5)6/h1,3,14-19H,2,4-13H2;(H,3,4)(H,5,6).